The van der Waals surface area contributed by atoms with E-state index in [0.717, 1.165) is 19.4 Å². The molecule has 20 heavy (non-hydrogen) atoms. The molecule has 0 aromatic carbocycles. The van der Waals surface area contributed by atoms with Gasteiger partial charge in [-0.2, -0.15) is 4.98 Å². The summed E-state index contributed by atoms with van der Waals surface area (Å²) in [5.41, 5.74) is 0. The number of aromatic nitrogens is 2. The van der Waals surface area contributed by atoms with Gasteiger partial charge < -0.3 is 14.9 Å². The number of aliphatic carboxylic acids is 1. The molecular weight excluding hydrogens is 260 g/mol. The summed E-state index contributed by atoms with van der Waals surface area (Å²) in [5, 5.41) is 16.0. The first-order valence-corrected chi connectivity index (χ1v) is 7.05. The van der Waals surface area contributed by atoms with E-state index in [0.29, 0.717) is 17.9 Å². The molecule has 1 saturated carbocycles. The molecule has 0 bridgehead atoms. The minimum absolute atomic E-state index is 0.103. The molecule has 1 aliphatic carbocycles. The lowest BCUT2D eigenvalue weighted by molar-refractivity contribution is -0.139. The number of carboxylic acids is 1. The molecule has 0 aliphatic heterocycles. The number of carboxylic acid groups (broad SMARTS) is 1. The van der Waals surface area contributed by atoms with Gasteiger partial charge in [0.15, 0.2) is 5.82 Å². The average molecular weight is 282 g/mol. The maximum absolute atomic E-state index is 10.8. The van der Waals surface area contributed by atoms with E-state index in [4.69, 9.17) is 9.63 Å². The number of nitrogens with one attached hydrogen (secondary N) is 1. The highest BCUT2D eigenvalue weighted by atomic mass is 16.5. The molecule has 1 aromatic rings. The van der Waals surface area contributed by atoms with Crippen molar-refractivity contribution in [2.45, 2.75) is 51.6 Å². The molecule has 1 aliphatic rings. The normalized spacial score (nSPS) is 22.1. The van der Waals surface area contributed by atoms with E-state index in [1.54, 1.807) is 0 Å². The Balaban J connectivity index is 1.79. The monoisotopic (exact) mass is 282 g/mol. The van der Waals surface area contributed by atoms with Crippen LogP contribution in [0.1, 0.15) is 45.4 Å². The van der Waals surface area contributed by atoms with Gasteiger partial charge in [0.05, 0.1) is 6.54 Å². The topological polar surface area (TPSA) is 91.5 Å². The second kappa shape index (κ2) is 6.21. The van der Waals surface area contributed by atoms with Crippen molar-refractivity contribution in [3.63, 3.8) is 0 Å². The second-order valence-electron chi connectivity index (χ2n) is 5.54. The van der Waals surface area contributed by atoms with Crippen LogP contribution in [0.3, 0.4) is 0 Å². The Labute approximate surface area is 118 Å². The third kappa shape index (κ3) is 3.47. The molecule has 0 radical (unpaired) electrons. The van der Waals surface area contributed by atoms with Crippen LogP contribution >= 0.6 is 0 Å². The molecule has 2 N–H and O–H groups in total. The van der Waals surface area contributed by atoms with Gasteiger partial charge >= 0.3 is 12.0 Å². The smallest absolute Gasteiger partial charge is 0.321 e. The lowest BCUT2D eigenvalue weighted by Gasteiger charge is -2.41. The highest BCUT2D eigenvalue weighted by molar-refractivity contribution is 5.69. The van der Waals surface area contributed by atoms with Crippen molar-refractivity contribution in [2.75, 3.05) is 18.4 Å². The number of rotatable bonds is 7. The predicted molar refractivity (Wildman–Crippen MR) is 73.7 cm³/mol. The van der Waals surface area contributed by atoms with Gasteiger partial charge in [0.1, 0.15) is 0 Å². The Hall–Kier alpha value is -1.63. The van der Waals surface area contributed by atoms with Gasteiger partial charge in [0.2, 0.25) is 0 Å². The Bertz CT molecular complexity index is 454. The van der Waals surface area contributed by atoms with Gasteiger partial charge in [0, 0.05) is 18.0 Å². The largest absolute Gasteiger partial charge is 0.480 e. The standard InChI is InChI=1S/C13H22N4O3/c1-4-17(7-11(18)19)10-5-9(6-10)14-13-15-12(8(2)3)16-20-13/h8-10H,4-7H2,1-3H3,(H,18,19)(H,14,15,16). The number of hydrogen-bond donors (Lipinski definition) is 2. The Morgan fingerprint density at radius 2 is 2.25 bits per heavy atom. The van der Waals surface area contributed by atoms with E-state index in [9.17, 15) is 4.79 Å². The number of nitrogens with zero attached hydrogens (tertiary/aromatic N) is 3. The van der Waals surface area contributed by atoms with Crippen LogP contribution in [0, 0.1) is 0 Å². The van der Waals surface area contributed by atoms with Crippen LogP contribution in [-0.2, 0) is 4.79 Å². The molecule has 7 heteroatoms. The van der Waals surface area contributed by atoms with Crippen molar-refractivity contribution in [2.24, 2.45) is 0 Å². The van der Waals surface area contributed by atoms with Crippen LogP contribution < -0.4 is 5.32 Å². The highest BCUT2D eigenvalue weighted by Gasteiger charge is 2.34. The summed E-state index contributed by atoms with van der Waals surface area (Å²) < 4.78 is 5.14. The molecule has 0 amide bonds. The summed E-state index contributed by atoms with van der Waals surface area (Å²) in [4.78, 5) is 17.0. The summed E-state index contributed by atoms with van der Waals surface area (Å²) in [6.07, 6.45) is 1.81. The average Bonchev–Trinajstić information content (AvgIpc) is 2.79. The van der Waals surface area contributed by atoms with Crippen LogP contribution in [0.2, 0.25) is 0 Å². The number of anilines is 1. The first-order chi connectivity index (χ1) is 9.49. The quantitative estimate of drug-likeness (QED) is 0.783. The summed E-state index contributed by atoms with van der Waals surface area (Å²) in [5.74, 6) is 0.167. The molecule has 1 aromatic heterocycles. The summed E-state index contributed by atoms with van der Waals surface area (Å²) in [6, 6.07) is 1.06. The van der Waals surface area contributed by atoms with Crippen LogP contribution in [0.5, 0.6) is 0 Å². The summed E-state index contributed by atoms with van der Waals surface area (Å²) in [6.45, 7) is 6.86. The van der Waals surface area contributed by atoms with Gasteiger partial charge in [-0.25, -0.2) is 0 Å². The van der Waals surface area contributed by atoms with E-state index in [2.05, 4.69) is 15.5 Å². The lowest BCUT2D eigenvalue weighted by atomic mass is 9.85. The highest BCUT2D eigenvalue weighted by Crippen LogP contribution is 2.28. The van der Waals surface area contributed by atoms with Crippen LogP contribution in [-0.4, -0.2) is 51.3 Å². The summed E-state index contributed by atoms with van der Waals surface area (Å²) >= 11 is 0. The van der Waals surface area contributed by atoms with E-state index >= 15 is 0 Å². The number of hydrogen-bond acceptors (Lipinski definition) is 6. The molecule has 2 rings (SSSR count). The zero-order valence-electron chi connectivity index (χ0n) is 12.2. The third-order valence-corrected chi connectivity index (χ3v) is 3.66. The fourth-order valence-corrected chi connectivity index (χ4v) is 2.38. The van der Waals surface area contributed by atoms with Crippen molar-refractivity contribution in [3.05, 3.63) is 5.82 Å². The van der Waals surface area contributed by atoms with Gasteiger partial charge in [-0.3, -0.25) is 9.69 Å². The fourth-order valence-electron chi connectivity index (χ4n) is 2.38. The van der Waals surface area contributed by atoms with Crippen LogP contribution in [0.25, 0.3) is 0 Å². The maximum Gasteiger partial charge on any atom is 0.321 e. The molecule has 7 nitrogen and oxygen atoms in total. The molecule has 0 atom stereocenters. The van der Waals surface area contributed by atoms with Gasteiger partial charge in [-0.15, -0.1) is 0 Å². The molecular formula is C13H22N4O3. The minimum Gasteiger partial charge on any atom is -0.480 e. The van der Waals surface area contributed by atoms with Crippen molar-refractivity contribution in [1.29, 1.82) is 0 Å². The van der Waals surface area contributed by atoms with Gasteiger partial charge in [-0.1, -0.05) is 25.9 Å². The van der Waals surface area contributed by atoms with Crippen molar-refractivity contribution in [3.8, 4) is 0 Å². The molecule has 0 unspecified atom stereocenters. The van der Waals surface area contributed by atoms with E-state index < -0.39 is 5.97 Å². The molecule has 0 spiro atoms. The predicted octanol–water partition coefficient (Wildman–Crippen LogP) is 1.54. The maximum atomic E-state index is 10.8. The van der Waals surface area contributed by atoms with Crippen LogP contribution in [0.15, 0.2) is 4.52 Å². The van der Waals surface area contributed by atoms with Gasteiger partial charge in [0.25, 0.3) is 0 Å². The minimum atomic E-state index is -0.776. The Kier molecular flexibility index (Phi) is 4.59. The molecule has 0 saturated heterocycles. The van der Waals surface area contributed by atoms with E-state index in [-0.39, 0.29) is 18.5 Å². The zero-order valence-corrected chi connectivity index (χ0v) is 12.2. The zero-order chi connectivity index (χ0) is 14.7. The van der Waals surface area contributed by atoms with Crippen molar-refractivity contribution >= 4 is 12.0 Å². The first-order valence-electron chi connectivity index (χ1n) is 7.05. The van der Waals surface area contributed by atoms with Gasteiger partial charge in [-0.05, 0) is 19.4 Å². The van der Waals surface area contributed by atoms with Crippen LogP contribution in [0.4, 0.5) is 6.01 Å². The second-order valence-corrected chi connectivity index (χ2v) is 5.54. The Morgan fingerprint density at radius 3 is 2.75 bits per heavy atom. The molecule has 1 fully saturated rings. The van der Waals surface area contributed by atoms with Crippen molar-refractivity contribution in [1.82, 2.24) is 15.0 Å². The third-order valence-electron chi connectivity index (χ3n) is 3.66. The van der Waals surface area contributed by atoms with E-state index in [1.165, 1.54) is 0 Å². The summed E-state index contributed by atoms with van der Waals surface area (Å²) in [7, 11) is 0. The number of likely N-dealkylation sites (N-methyl/N-ethyl adjacent to an activating group) is 1. The number of carbonyl (C=O) groups is 1. The fraction of sp³-hybridized carbons (Fsp3) is 0.769. The molecule has 1 heterocycles. The first kappa shape index (κ1) is 14.8. The lowest BCUT2D eigenvalue weighted by Crippen LogP contribution is -2.51. The van der Waals surface area contributed by atoms with Crippen molar-refractivity contribution < 1.29 is 14.4 Å². The Morgan fingerprint density at radius 1 is 1.55 bits per heavy atom. The van der Waals surface area contributed by atoms with E-state index in [1.807, 2.05) is 25.7 Å². The molecule has 112 valence electrons. The SMILES string of the molecule is CCN(CC(=O)O)C1CC(Nc2nc(C(C)C)no2)C1.